The van der Waals surface area contributed by atoms with Gasteiger partial charge in [-0.25, -0.2) is 0 Å². The smallest absolute Gasteiger partial charge is 0.327 e. The zero-order valence-electron chi connectivity index (χ0n) is 11.3. The Hall–Kier alpha value is -1.32. The molecule has 0 bridgehead atoms. The zero-order valence-corrected chi connectivity index (χ0v) is 11.3. The standard InChI is InChI=1S/C13H22O4/c1-6-10(5)13(7-2,11(14)16-8-3)12(15)17-9-4/h6H,7-9H2,1-5H3/b10-6-. The van der Waals surface area contributed by atoms with E-state index in [0.29, 0.717) is 12.0 Å². The number of hydrogen-bond donors (Lipinski definition) is 0. The molecule has 17 heavy (non-hydrogen) atoms. The number of esters is 2. The molecule has 4 nitrogen and oxygen atoms in total. The molecule has 0 aromatic heterocycles. The van der Waals surface area contributed by atoms with E-state index in [1.807, 2.05) is 0 Å². The average molecular weight is 242 g/mol. The van der Waals surface area contributed by atoms with Gasteiger partial charge >= 0.3 is 11.9 Å². The number of carbonyl (C=O) groups excluding carboxylic acids is 2. The maximum absolute atomic E-state index is 12.0. The van der Waals surface area contributed by atoms with Crippen molar-refractivity contribution in [2.24, 2.45) is 5.41 Å². The molecule has 98 valence electrons. The molecule has 0 radical (unpaired) electrons. The van der Waals surface area contributed by atoms with Crippen LogP contribution in [0.15, 0.2) is 11.6 Å². The van der Waals surface area contributed by atoms with Gasteiger partial charge in [0.25, 0.3) is 0 Å². The molecule has 0 amide bonds. The Kier molecular flexibility index (Phi) is 6.54. The molecule has 0 unspecified atom stereocenters. The summed E-state index contributed by atoms with van der Waals surface area (Å²) in [5, 5.41) is 0. The fraction of sp³-hybridized carbons (Fsp3) is 0.692. The van der Waals surface area contributed by atoms with Crippen LogP contribution >= 0.6 is 0 Å². The summed E-state index contributed by atoms with van der Waals surface area (Å²) in [6.07, 6.45) is 2.08. The van der Waals surface area contributed by atoms with E-state index in [0.717, 1.165) is 0 Å². The molecular weight excluding hydrogens is 220 g/mol. The van der Waals surface area contributed by atoms with Gasteiger partial charge in [-0.2, -0.15) is 0 Å². The van der Waals surface area contributed by atoms with E-state index in [-0.39, 0.29) is 13.2 Å². The van der Waals surface area contributed by atoms with Gasteiger partial charge in [0.1, 0.15) is 0 Å². The molecule has 0 saturated carbocycles. The summed E-state index contributed by atoms with van der Waals surface area (Å²) in [4.78, 5) is 24.1. The molecule has 0 rings (SSSR count). The van der Waals surface area contributed by atoms with Crippen molar-refractivity contribution in [3.63, 3.8) is 0 Å². The highest BCUT2D eigenvalue weighted by atomic mass is 16.6. The van der Waals surface area contributed by atoms with E-state index in [2.05, 4.69) is 0 Å². The first-order chi connectivity index (χ1) is 8.00. The van der Waals surface area contributed by atoms with Gasteiger partial charge in [0.2, 0.25) is 0 Å². The lowest BCUT2D eigenvalue weighted by molar-refractivity contribution is -0.169. The minimum absolute atomic E-state index is 0.247. The van der Waals surface area contributed by atoms with E-state index in [1.54, 1.807) is 40.7 Å². The fourth-order valence-corrected chi connectivity index (χ4v) is 1.73. The highest BCUT2D eigenvalue weighted by Crippen LogP contribution is 2.34. The van der Waals surface area contributed by atoms with E-state index in [1.165, 1.54) is 0 Å². The van der Waals surface area contributed by atoms with Crippen LogP contribution in [0.25, 0.3) is 0 Å². The van der Waals surface area contributed by atoms with Crippen LogP contribution in [-0.2, 0) is 19.1 Å². The molecule has 0 N–H and O–H groups in total. The van der Waals surface area contributed by atoms with E-state index in [9.17, 15) is 9.59 Å². The maximum Gasteiger partial charge on any atom is 0.327 e. The summed E-state index contributed by atoms with van der Waals surface area (Å²) < 4.78 is 10.0. The molecule has 0 atom stereocenters. The van der Waals surface area contributed by atoms with Gasteiger partial charge in [0.15, 0.2) is 5.41 Å². The maximum atomic E-state index is 12.0. The third-order valence-corrected chi connectivity index (χ3v) is 2.88. The molecular formula is C13H22O4. The number of hydrogen-bond acceptors (Lipinski definition) is 4. The van der Waals surface area contributed by atoms with Gasteiger partial charge in [-0.15, -0.1) is 0 Å². The molecule has 0 aliphatic heterocycles. The molecule has 0 fully saturated rings. The topological polar surface area (TPSA) is 52.6 Å². The quantitative estimate of drug-likeness (QED) is 0.408. The molecule has 4 heteroatoms. The Bertz CT molecular complexity index is 287. The Morgan fingerprint density at radius 2 is 1.47 bits per heavy atom. The number of carbonyl (C=O) groups is 2. The second kappa shape index (κ2) is 7.09. The van der Waals surface area contributed by atoms with Crippen molar-refractivity contribution >= 4 is 11.9 Å². The van der Waals surface area contributed by atoms with Crippen LogP contribution in [0.1, 0.15) is 41.0 Å². The third-order valence-electron chi connectivity index (χ3n) is 2.88. The summed E-state index contributed by atoms with van der Waals surface area (Å²) in [5.74, 6) is -1.06. The second-order valence-electron chi connectivity index (χ2n) is 3.67. The fourth-order valence-electron chi connectivity index (χ4n) is 1.73. The average Bonchev–Trinajstić information content (AvgIpc) is 2.31. The predicted molar refractivity (Wildman–Crippen MR) is 65.4 cm³/mol. The SMILES string of the molecule is C/C=C(/C)C(CC)(C(=O)OCC)C(=O)OCC. The molecule has 0 aromatic rings. The minimum atomic E-state index is -1.29. The van der Waals surface area contributed by atoms with Gasteiger partial charge in [-0.05, 0) is 39.7 Å². The lowest BCUT2D eigenvalue weighted by Gasteiger charge is -2.28. The van der Waals surface area contributed by atoms with Gasteiger partial charge < -0.3 is 9.47 Å². The lowest BCUT2D eigenvalue weighted by atomic mass is 9.78. The summed E-state index contributed by atoms with van der Waals surface area (Å²) >= 11 is 0. The van der Waals surface area contributed by atoms with Gasteiger partial charge in [0, 0.05) is 0 Å². The molecule has 0 saturated heterocycles. The zero-order chi connectivity index (χ0) is 13.5. The van der Waals surface area contributed by atoms with Crippen molar-refractivity contribution in [3.05, 3.63) is 11.6 Å². The van der Waals surface area contributed by atoms with Crippen molar-refractivity contribution in [1.29, 1.82) is 0 Å². The van der Waals surface area contributed by atoms with Crippen molar-refractivity contribution in [2.45, 2.75) is 41.0 Å². The van der Waals surface area contributed by atoms with E-state index < -0.39 is 17.4 Å². The van der Waals surface area contributed by atoms with Crippen molar-refractivity contribution in [3.8, 4) is 0 Å². The van der Waals surface area contributed by atoms with E-state index in [4.69, 9.17) is 9.47 Å². The van der Waals surface area contributed by atoms with Crippen LogP contribution < -0.4 is 0 Å². The lowest BCUT2D eigenvalue weighted by Crippen LogP contribution is -2.42. The first-order valence-electron chi connectivity index (χ1n) is 5.98. The molecule has 0 aliphatic carbocycles. The van der Waals surface area contributed by atoms with Crippen LogP contribution in [0.4, 0.5) is 0 Å². The summed E-state index contributed by atoms with van der Waals surface area (Å²) in [6, 6.07) is 0. The Morgan fingerprint density at radius 3 is 1.71 bits per heavy atom. The summed E-state index contributed by atoms with van der Waals surface area (Å²) in [6.45, 7) is 9.24. The Balaban J connectivity index is 5.45. The highest BCUT2D eigenvalue weighted by molar-refractivity contribution is 6.03. The second-order valence-corrected chi connectivity index (χ2v) is 3.67. The third kappa shape index (κ3) is 3.08. The van der Waals surface area contributed by atoms with Gasteiger partial charge in [0.05, 0.1) is 13.2 Å². The molecule has 0 aromatic carbocycles. The van der Waals surface area contributed by atoms with Crippen LogP contribution in [-0.4, -0.2) is 25.2 Å². The largest absolute Gasteiger partial charge is 0.465 e. The number of rotatable bonds is 6. The van der Waals surface area contributed by atoms with Gasteiger partial charge in [-0.1, -0.05) is 13.0 Å². The highest BCUT2D eigenvalue weighted by Gasteiger charge is 2.48. The van der Waals surface area contributed by atoms with Crippen LogP contribution in [0.3, 0.4) is 0 Å². The first kappa shape index (κ1) is 15.7. The Morgan fingerprint density at radius 1 is 1.06 bits per heavy atom. The predicted octanol–water partition coefficient (Wildman–Crippen LogP) is 2.48. The molecule has 0 spiro atoms. The van der Waals surface area contributed by atoms with Crippen LogP contribution in [0.2, 0.25) is 0 Å². The van der Waals surface area contributed by atoms with Crippen LogP contribution in [0, 0.1) is 5.41 Å². The van der Waals surface area contributed by atoms with E-state index >= 15 is 0 Å². The number of allylic oxidation sites excluding steroid dienone is 1. The summed E-state index contributed by atoms with van der Waals surface area (Å²) in [5.41, 5.74) is -0.627. The normalized spacial score (nSPS) is 12.2. The monoisotopic (exact) mass is 242 g/mol. The van der Waals surface area contributed by atoms with Crippen molar-refractivity contribution < 1.29 is 19.1 Å². The van der Waals surface area contributed by atoms with Crippen LogP contribution in [0.5, 0.6) is 0 Å². The van der Waals surface area contributed by atoms with Gasteiger partial charge in [-0.3, -0.25) is 9.59 Å². The number of ether oxygens (including phenoxy) is 2. The molecule has 0 heterocycles. The Labute approximate surface area is 103 Å². The first-order valence-corrected chi connectivity index (χ1v) is 5.98. The molecule has 0 aliphatic rings. The van der Waals surface area contributed by atoms with Crippen molar-refractivity contribution in [1.82, 2.24) is 0 Å². The van der Waals surface area contributed by atoms with Crippen molar-refractivity contribution in [2.75, 3.05) is 13.2 Å². The minimum Gasteiger partial charge on any atom is -0.465 e. The summed E-state index contributed by atoms with van der Waals surface area (Å²) in [7, 11) is 0.